The fourth-order valence-electron chi connectivity index (χ4n) is 1.85. The molecule has 3 rings (SSSR count). The van der Waals surface area contributed by atoms with Crippen molar-refractivity contribution in [1.82, 2.24) is 4.98 Å². The molecule has 1 amide bonds. The van der Waals surface area contributed by atoms with Crippen LogP contribution in [0.3, 0.4) is 0 Å². The summed E-state index contributed by atoms with van der Waals surface area (Å²) in [4.78, 5) is 24.3. The van der Waals surface area contributed by atoms with Gasteiger partial charge >= 0.3 is 12.1 Å². The first-order valence-corrected chi connectivity index (χ1v) is 6.10. The normalized spacial score (nSPS) is 14.3. The number of fused-ring (bicyclic) bond motifs is 3. The molecule has 0 saturated heterocycles. The Labute approximate surface area is 126 Å². The topological polar surface area (TPSA) is 118 Å². The van der Waals surface area contributed by atoms with Crippen molar-refractivity contribution in [2.75, 3.05) is 0 Å². The van der Waals surface area contributed by atoms with E-state index in [4.69, 9.17) is 15.6 Å². The summed E-state index contributed by atoms with van der Waals surface area (Å²) in [5.41, 5.74) is 7.56. The van der Waals surface area contributed by atoms with Gasteiger partial charge in [-0.25, -0.2) is 4.79 Å². The van der Waals surface area contributed by atoms with Crippen LogP contribution in [0.1, 0.15) is 5.56 Å². The summed E-state index contributed by atoms with van der Waals surface area (Å²) in [7, 11) is 0. The molecule has 0 radical (unpaired) electrons. The molecule has 0 atom stereocenters. The second-order valence-electron chi connectivity index (χ2n) is 4.47. The highest BCUT2D eigenvalue weighted by Crippen LogP contribution is 2.19. The molecule has 0 spiro atoms. The van der Waals surface area contributed by atoms with E-state index in [1.165, 1.54) is 0 Å². The lowest BCUT2D eigenvalue weighted by atomic mass is 9.98. The Bertz CT molecular complexity index is 856. The lowest BCUT2D eigenvalue weighted by molar-refractivity contribution is -0.192. The molecule has 7 nitrogen and oxygen atoms in total. The van der Waals surface area contributed by atoms with E-state index in [0.29, 0.717) is 12.0 Å². The van der Waals surface area contributed by atoms with Crippen LogP contribution in [-0.4, -0.2) is 28.1 Å². The van der Waals surface area contributed by atoms with Crippen molar-refractivity contribution in [2.24, 2.45) is 16.0 Å². The quantitative estimate of drug-likeness (QED) is 0.771. The van der Waals surface area contributed by atoms with E-state index in [-0.39, 0.29) is 0 Å². The summed E-state index contributed by atoms with van der Waals surface area (Å²) >= 11 is 0. The number of aromatic nitrogens is 1. The number of hydrogen-bond donors (Lipinski definition) is 2. The van der Waals surface area contributed by atoms with Crippen LogP contribution < -0.4 is 16.3 Å². The van der Waals surface area contributed by atoms with Crippen molar-refractivity contribution in [3.8, 4) is 0 Å². The zero-order valence-electron chi connectivity index (χ0n) is 11.3. The zero-order chi connectivity index (χ0) is 17.2. The first kappa shape index (κ1) is 16.3. The third-order valence-electron chi connectivity index (χ3n) is 2.93. The van der Waals surface area contributed by atoms with Crippen LogP contribution in [0.5, 0.6) is 0 Å². The van der Waals surface area contributed by atoms with Crippen LogP contribution in [0.25, 0.3) is 12.3 Å². The number of carboxylic acid groups (broad SMARTS) is 1. The van der Waals surface area contributed by atoms with Crippen LogP contribution >= 0.6 is 0 Å². The third kappa shape index (κ3) is 3.59. The Hall–Kier alpha value is -3.04. The number of carbonyl (C=O) groups excluding carboxylic acids is 1. The van der Waals surface area contributed by atoms with Crippen LogP contribution in [0, 0.1) is 0 Å². The minimum atomic E-state index is -5.08. The number of pyridine rings is 1. The van der Waals surface area contributed by atoms with Crippen LogP contribution in [-0.2, 0) is 16.0 Å². The average molecular weight is 326 g/mol. The second-order valence-corrected chi connectivity index (χ2v) is 4.47. The van der Waals surface area contributed by atoms with Crippen molar-refractivity contribution in [3.63, 3.8) is 0 Å². The standard InChI is InChI=1S/C11H8N4O.C2HF3O2/c12-11(16)6-1-2-9-8(3-6)10-7(4-13-9)5-14-15-10;3-2(4,5)1(6)7/h1-2,4-5H,3H2,(H2,12,16);(H,6,7). The van der Waals surface area contributed by atoms with Gasteiger partial charge in [0.1, 0.15) is 5.69 Å². The summed E-state index contributed by atoms with van der Waals surface area (Å²) in [5, 5.41) is 16.7. The lowest BCUT2D eigenvalue weighted by Crippen LogP contribution is -2.26. The molecule has 1 aliphatic carbocycles. The maximum absolute atomic E-state index is 11.1. The average Bonchev–Trinajstić information content (AvgIpc) is 2.95. The van der Waals surface area contributed by atoms with E-state index in [2.05, 4.69) is 15.2 Å². The Morgan fingerprint density at radius 3 is 2.48 bits per heavy atom. The van der Waals surface area contributed by atoms with Gasteiger partial charge in [-0.1, -0.05) is 6.08 Å². The molecule has 23 heavy (non-hydrogen) atoms. The smallest absolute Gasteiger partial charge is 0.475 e. The summed E-state index contributed by atoms with van der Waals surface area (Å²) in [6.45, 7) is 0. The van der Waals surface area contributed by atoms with Gasteiger partial charge in [-0.3, -0.25) is 9.78 Å². The van der Waals surface area contributed by atoms with Crippen molar-refractivity contribution in [2.45, 2.75) is 12.6 Å². The Balaban J connectivity index is 0.000000236. The molecule has 1 aromatic rings. The maximum Gasteiger partial charge on any atom is 0.490 e. The number of primary amides is 1. The van der Waals surface area contributed by atoms with E-state index in [1.54, 1.807) is 24.5 Å². The predicted octanol–water partition coefficient (Wildman–Crippen LogP) is 0.298. The van der Waals surface area contributed by atoms with Gasteiger partial charge in [0.2, 0.25) is 5.91 Å². The number of alkyl halides is 3. The first-order valence-electron chi connectivity index (χ1n) is 6.10. The van der Waals surface area contributed by atoms with Gasteiger partial charge in [-0.05, 0) is 6.08 Å². The fraction of sp³-hybridized carbons (Fsp3) is 0.154. The monoisotopic (exact) mass is 326 g/mol. The predicted molar refractivity (Wildman–Crippen MR) is 71.6 cm³/mol. The molecule has 0 bridgehead atoms. The molecule has 0 saturated carbocycles. The van der Waals surface area contributed by atoms with Crippen LogP contribution in [0.2, 0.25) is 0 Å². The number of allylic oxidation sites excluding steroid dienone is 1. The van der Waals surface area contributed by atoms with Gasteiger partial charge in [-0.2, -0.15) is 23.4 Å². The zero-order valence-corrected chi connectivity index (χ0v) is 11.3. The second kappa shape index (κ2) is 5.99. The highest BCUT2D eigenvalue weighted by molar-refractivity contribution is 5.94. The number of carbonyl (C=O) groups is 2. The number of hydrogen-bond acceptors (Lipinski definition) is 5. The lowest BCUT2D eigenvalue weighted by Gasteiger charge is -2.09. The Morgan fingerprint density at radius 1 is 1.26 bits per heavy atom. The highest BCUT2D eigenvalue weighted by atomic mass is 19.4. The molecular weight excluding hydrogens is 317 g/mol. The molecule has 120 valence electrons. The minimum Gasteiger partial charge on any atom is -0.475 e. The molecule has 3 N–H and O–H groups in total. The molecule has 10 heteroatoms. The molecule has 0 unspecified atom stereocenters. The molecule has 1 aromatic heterocycles. The van der Waals surface area contributed by atoms with E-state index < -0.39 is 18.1 Å². The summed E-state index contributed by atoms with van der Waals surface area (Å²) in [6.07, 6.45) is 2.27. The largest absolute Gasteiger partial charge is 0.490 e. The number of nitrogens with zero attached hydrogens (tertiary/aromatic N) is 3. The number of amides is 1. The Morgan fingerprint density at radius 2 is 1.91 bits per heavy atom. The first-order chi connectivity index (χ1) is 10.7. The molecular formula is C13H9F3N4O3. The molecule has 1 aliphatic heterocycles. The summed E-state index contributed by atoms with van der Waals surface area (Å²) in [6, 6.07) is 0. The van der Waals surface area contributed by atoms with Gasteiger partial charge in [0.05, 0.1) is 11.5 Å². The van der Waals surface area contributed by atoms with Crippen LogP contribution in [0.15, 0.2) is 28.1 Å². The number of carboxylic acids is 1. The van der Waals surface area contributed by atoms with Crippen molar-refractivity contribution >= 4 is 29.8 Å². The fourth-order valence-corrected chi connectivity index (χ4v) is 1.85. The number of halogens is 3. The summed E-state index contributed by atoms with van der Waals surface area (Å²) < 4.78 is 31.7. The molecule has 2 aliphatic rings. The minimum absolute atomic E-state index is 0.404. The number of nitrogens with two attached hydrogens (primary N) is 1. The van der Waals surface area contributed by atoms with E-state index in [0.717, 1.165) is 21.8 Å². The highest BCUT2D eigenvalue weighted by Gasteiger charge is 2.38. The van der Waals surface area contributed by atoms with E-state index in [9.17, 15) is 18.0 Å². The molecule has 0 aromatic carbocycles. The molecule has 2 heterocycles. The van der Waals surface area contributed by atoms with Crippen molar-refractivity contribution < 1.29 is 27.9 Å². The Kier molecular flexibility index (Phi) is 4.25. The van der Waals surface area contributed by atoms with Gasteiger partial charge in [0, 0.05) is 29.0 Å². The number of rotatable bonds is 1. The van der Waals surface area contributed by atoms with Crippen LogP contribution in [0.4, 0.5) is 18.9 Å². The molecule has 0 fully saturated rings. The maximum atomic E-state index is 11.1. The van der Waals surface area contributed by atoms with Crippen molar-refractivity contribution in [1.29, 1.82) is 0 Å². The van der Waals surface area contributed by atoms with Gasteiger partial charge in [-0.15, -0.1) is 0 Å². The van der Waals surface area contributed by atoms with E-state index >= 15 is 0 Å². The third-order valence-corrected chi connectivity index (χ3v) is 2.93. The van der Waals surface area contributed by atoms with Gasteiger partial charge in [0.25, 0.3) is 0 Å². The van der Waals surface area contributed by atoms with E-state index in [1.807, 2.05) is 0 Å². The SMILES string of the molecule is NC(=O)C1=CC=c2ncc3c(c2C1)N=NC=3.O=C(O)C(F)(F)F. The van der Waals surface area contributed by atoms with Gasteiger partial charge in [0.15, 0.2) is 0 Å². The number of aliphatic carboxylic acids is 1. The summed E-state index contributed by atoms with van der Waals surface area (Å²) in [5.74, 6) is -3.16. The van der Waals surface area contributed by atoms with Crippen molar-refractivity contribution in [3.05, 3.63) is 34.0 Å². The number of azo groups is 1. The van der Waals surface area contributed by atoms with Gasteiger partial charge < -0.3 is 10.8 Å².